The average Bonchev–Trinajstić information content (AvgIpc) is 3.27. The highest BCUT2D eigenvalue weighted by Gasteiger charge is 2.53. The number of aromatic nitrogens is 1. The van der Waals surface area contributed by atoms with E-state index in [0.29, 0.717) is 11.8 Å². The molecule has 1 aromatic heterocycles. The number of hydrogen-bond acceptors (Lipinski definition) is 2. The minimum Gasteiger partial charge on any atom is -0.485 e. The molecule has 0 bridgehead atoms. The summed E-state index contributed by atoms with van der Waals surface area (Å²) < 4.78 is 6.47. The van der Waals surface area contributed by atoms with Gasteiger partial charge in [-0.1, -0.05) is 76.2 Å². The third kappa shape index (κ3) is 2.61. The summed E-state index contributed by atoms with van der Waals surface area (Å²) in [5, 5.41) is 1.20. The molecule has 0 saturated carbocycles. The van der Waals surface area contributed by atoms with Crippen molar-refractivity contribution in [2.24, 2.45) is 0 Å². The van der Waals surface area contributed by atoms with Crippen LogP contribution in [0.1, 0.15) is 67.9 Å². The van der Waals surface area contributed by atoms with Crippen molar-refractivity contribution in [3.63, 3.8) is 0 Å². The molecule has 1 aliphatic carbocycles. The highest BCUT2D eigenvalue weighted by Crippen LogP contribution is 2.62. The molecule has 0 spiro atoms. The van der Waals surface area contributed by atoms with Crippen LogP contribution >= 0.6 is 0 Å². The van der Waals surface area contributed by atoms with Crippen LogP contribution in [-0.2, 0) is 5.41 Å². The standard InChI is InChI=1S/C29H27NO/c1-17(2)18-12-14-23-19(16-18)13-15-24(30-23)20-9-7-10-22-26(20)29(3,4)27-21-8-5-6-11-25(21)31-28(22)27/h5-17,27-28H,1-4H3. The van der Waals surface area contributed by atoms with Gasteiger partial charge in [-0.05, 0) is 46.9 Å². The molecular weight excluding hydrogens is 378 g/mol. The Morgan fingerprint density at radius 1 is 0.871 bits per heavy atom. The molecule has 1 aliphatic heterocycles. The predicted octanol–water partition coefficient (Wildman–Crippen LogP) is 7.53. The number of para-hydroxylation sites is 1. The topological polar surface area (TPSA) is 22.1 Å². The van der Waals surface area contributed by atoms with Gasteiger partial charge in [0.1, 0.15) is 11.9 Å². The van der Waals surface area contributed by atoms with Gasteiger partial charge in [0.15, 0.2) is 0 Å². The summed E-state index contributed by atoms with van der Waals surface area (Å²) in [7, 11) is 0. The lowest BCUT2D eigenvalue weighted by Crippen LogP contribution is -2.23. The van der Waals surface area contributed by atoms with Crippen molar-refractivity contribution < 1.29 is 4.74 Å². The number of pyridine rings is 1. The van der Waals surface area contributed by atoms with Crippen molar-refractivity contribution in [2.75, 3.05) is 0 Å². The summed E-state index contributed by atoms with van der Waals surface area (Å²) in [5.41, 5.74) is 8.65. The smallest absolute Gasteiger partial charge is 0.132 e. The number of ether oxygens (including phenoxy) is 1. The molecule has 0 saturated heterocycles. The molecule has 0 fully saturated rings. The van der Waals surface area contributed by atoms with Crippen molar-refractivity contribution in [2.45, 2.75) is 51.0 Å². The van der Waals surface area contributed by atoms with Crippen LogP contribution in [0.4, 0.5) is 0 Å². The largest absolute Gasteiger partial charge is 0.485 e. The Labute approximate surface area is 183 Å². The van der Waals surface area contributed by atoms with Crippen LogP contribution in [0.3, 0.4) is 0 Å². The highest BCUT2D eigenvalue weighted by molar-refractivity contribution is 5.83. The van der Waals surface area contributed by atoms with E-state index in [1.165, 1.54) is 33.2 Å². The van der Waals surface area contributed by atoms with Crippen LogP contribution in [0, 0.1) is 0 Å². The Morgan fingerprint density at radius 2 is 1.68 bits per heavy atom. The second-order valence-electron chi connectivity index (χ2n) is 9.85. The van der Waals surface area contributed by atoms with Crippen molar-refractivity contribution in [1.29, 1.82) is 0 Å². The van der Waals surface area contributed by atoms with E-state index in [2.05, 4.69) is 100 Å². The lowest BCUT2D eigenvalue weighted by Gasteiger charge is -2.28. The first kappa shape index (κ1) is 18.6. The average molecular weight is 406 g/mol. The summed E-state index contributed by atoms with van der Waals surface area (Å²) in [6, 6.07) is 26.2. The second kappa shape index (κ2) is 6.43. The predicted molar refractivity (Wildman–Crippen MR) is 127 cm³/mol. The van der Waals surface area contributed by atoms with Gasteiger partial charge in [-0.3, -0.25) is 0 Å². The van der Waals surface area contributed by atoms with E-state index in [0.717, 1.165) is 17.0 Å². The molecule has 4 aromatic rings. The van der Waals surface area contributed by atoms with Gasteiger partial charge in [0.2, 0.25) is 0 Å². The molecule has 31 heavy (non-hydrogen) atoms. The van der Waals surface area contributed by atoms with Crippen LogP contribution in [0.15, 0.2) is 72.8 Å². The maximum atomic E-state index is 6.47. The quantitative estimate of drug-likeness (QED) is 0.344. The van der Waals surface area contributed by atoms with E-state index in [4.69, 9.17) is 9.72 Å². The van der Waals surface area contributed by atoms with Crippen LogP contribution in [0.5, 0.6) is 5.75 Å². The van der Waals surface area contributed by atoms with E-state index in [1.54, 1.807) is 0 Å². The number of hydrogen-bond donors (Lipinski definition) is 0. The van der Waals surface area contributed by atoms with Gasteiger partial charge in [-0.15, -0.1) is 0 Å². The minimum absolute atomic E-state index is 0.0403. The summed E-state index contributed by atoms with van der Waals surface area (Å²) in [6.45, 7) is 9.19. The number of fused-ring (bicyclic) bond motifs is 6. The van der Waals surface area contributed by atoms with Crippen molar-refractivity contribution in [3.05, 3.63) is 95.1 Å². The molecule has 6 rings (SSSR count). The molecule has 2 atom stereocenters. The Balaban J connectivity index is 1.50. The molecule has 0 radical (unpaired) electrons. The molecule has 2 aliphatic rings. The highest BCUT2D eigenvalue weighted by atomic mass is 16.5. The Morgan fingerprint density at radius 3 is 2.52 bits per heavy atom. The lowest BCUT2D eigenvalue weighted by atomic mass is 9.73. The summed E-state index contributed by atoms with van der Waals surface area (Å²) >= 11 is 0. The zero-order chi connectivity index (χ0) is 21.3. The monoisotopic (exact) mass is 405 g/mol. The molecule has 2 unspecified atom stereocenters. The van der Waals surface area contributed by atoms with Gasteiger partial charge in [-0.2, -0.15) is 0 Å². The van der Waals surface area contributed by atoms with Gasteiger partial charge >= 0.3 is 0 Å². The minimum atomic E-state index is -0.0403. The van der Waals surface area contributed by atoms with E-state index in [9.17, 15) is 0 Å². The van der Waals surface area contributed by atoms with Crippen molar-refractivity contribution >= 4 is 10.9 Å². The van der Waals surface area contributed by atoms with Crippen LogP contribution in [0.2, 0.25) is 0 Å². The SMILES string of the molecule is CC(C)c1ccc2nc(-c3cccc4c3C(C)(C)C3c5ccccc5OC43)ccc2c1. The fourth-order valence-corrected chi connectivity index (χ4v) is 5.77. The molecule has 0 N–H and O–H groups in total. The Bertz CT molecular complexity index is 1330. The first-order chi connectivity index (χ1) is 14.9. The maximum Gasteiger partial charge on any atom is 0.132 e. The van der Waals surface area contributed by atoms with Crippen molar-refractivity contribution in [1.82, 2.24) is 4.98 Å². The van der Waals surface area contributed by atoms with E-state index >= 15 is 0 Å². The van der Waals surface area contributed by atoms with Crippen molar-refractivity contribution in [3.8, 4) is 17.0 Å². The fourth-order valence-electron chi connectivity index (χ4n) is 5.77. The lowest BCUT2D eigenvalue weighted by molar-refractivity contribution is 0.198. The molecule has 3 aromatic carbocycles. The summed E-state index contributed by atoms with van der Waals surface area (Å²) in [4.78, 5) is 5.09. The summed E-state index contributed by atoms with van der Waals surface area (Å²) in [6.07, 6.45) is 0.0800. The van der Waals surface area contributed by atoms with Crippen LogP contribution in [0.25, 0.3) is 22.2 Å². The molecule has 2 heteroatoms. The van der Waals surface area contributed by atoms with E-state index in [-0.39, 0.29) is 11.5 Å². The van der Waals surface area contributed by atoms with E-state index < -0.39 is 0 Å². The number of nitrogens with zero attached hydrogens (tertiary/aromatic N) is 1. The first-order valence-corrected chi connectivity index (χ1v) is 11.2. The zero-order valence-electron chi connectivity index (χ0n) is 18.5. The van der Waals surface area contributed by atoms with Gasteiger partial charge in [0.05, 0.1) is 11.2 Å². The molecule has 2 nitrogen and oxygen atoms in total. The molecular formula is C29H27NO. The molecule has 154 valence electrons. The van der Waals surface area contributed by atoms with Gasteiger partial charge in [0.25, 0.3) is 0 Å². The van der Waals surface area contributed by atoms with Crippen LogP contribution < -0.4 is 4.74 Å². The first-order valence-electron chi connectivity index (χ1n) is 11.2. The molecule has 0 amide bonds. The Hall–Kier alpha value is -3.13. The second-order valence-corrected chi connectivity index (χ2v) is 9.85. The summed E-state index contributed by atoms with van der Waals surface area (Å²) in [5.74, 6) is 1.88. The third-order valence-electron chi connectivity index (χ3n) is 7.29. The molecule has 2 heterocycles. The number of rotatable bonds is 2. The normalized spacial score (nSPS) is 20.4. The van der Waals surface area contributed by atoms with Gasteiger partial charge in [0, 0.05) is 27.8 Å². The number of benzene rings is 3. The zero-order valence-corrected chi connectivity index (χ0v) is 18.5. The van der Waals surface area contributed by atoms with Crippen LogP contribution in [-0.4, -0.2) is 4.98 Å². The van der Waals surface area contributed by atoms with E-state index in [1.807, 2.05) is 0 Å². The fraction of sp³-hybridized carbons (Fsp3) is 0.276. The maximum absolute atomic E-state index is 6.47. The Kier molecular flexibility index (Phi) is 3.87. The van der Waals surface area contributed by atoms with Gasteiger partial charge < -0.3 is 4.74 Å². The third-order valence-corrected chi connectivity index (χ3v) is 7.29. The van der Waals surface area contributed by atoms with Gasteiger partial charge in [-0.25, -0.2) is 4.98 Å².